The van der Waals surface area contributed by atoms with Crippen molar-refractivity contribution >= 4 is 28.4 Å². The molecule has 2 aromatic rings. The summed E-state index contributed by atoms with van der Waals surface area (Å²) in [6, 6.07) is 6.27. The van der Waals surface area contributed by atoms with E-state index >= 15 is 0 Å². The molecule has 8 nitrogen and oxygen atoms in total. The molecule has 0 radical (unpaired) electrons. The number of aromatic amines is 1. The number of non-ortho nitro benzene ring substituents is 1. The first-order valence-corrected chi connectivity index (χ1v) is 9.84. The van der Waals surface area contributed by atoms with Gasteiger partial charge in [0.1, 0.15) is 16.7 Å². The van der Waals surface area contributed by atoms with E-state index in [0.717, 1.165) is 32.1 Å². The minimum absolute atomic E-state index is 0.0822. The molecule has 0 aliphatic heterocycles. The van der Waals surface area contributed by atoms with E-state index in [1.54, 1.807) is 18.2 Å². The molecule has 28 heavy (non-hydrogen) atoms. The highest BCUT2D eigenvalue weighted by atomic mass is 16.6. The average Bonchev–Trinajstić information content (AvgIpc) is 3.13. The largest absolute Gasteiger partial charge is 0.354 e. The van der Waals surface area contributed by atoms with Gasteiger partial charge in [-0.15, -0.1) is 0 Å². The molecular weight excluding hydrogens is 360 g/mol. The van der Waals surface area contributed by atoms with Gasteiger partial charge in [0.05, 0.1) is 4.92 Å². The number of rotatable bonds is 7. The fraction of sp³-hybridized carbons (Fsp3) is 0.500. The summed E-state index contributed by atoms with van der Waals surface area (Å²) in [5.74, 6) is -0.561. The Kier molecular flexibility index (Phi) is 5.96. The highest BCUT2D eigenvalue weighted by molar-refractivity contribution is 6.02. The predicted molar refractivity (Wildman–Crippen MR) is 106 cm³/mol. The van der Waals surface area contributed by atoms with Crippen LogP contribution in [0.4, 0.5) is 5.69 Å². The molecule has 1 aliphatic rings. The normalized spacial score (nSPS) is 15.9. The van der Waals surface area contributed by atoms with Crippen molar-refractivity contribution < 1.29 is 14.5 Å². The third-order valence-corrected chi connectivity index (χ3v) is 5.39. The van der Waals surface area contributed by atoms with Gasteiger partial charge in [-0.2, -0.15) is 0 Å². The summed E-state index contributed by atoms with van der Waals surface area (Å²) in [6.45, 7) is 2.64. The van der Waals surface area contributed by atoms with Gasteiger partial charge in [0.25, 0.3) is 11.6 Å². The summed E-state index contributed by atoms with van der Waals surface area (Å²) in [6.07, 6.45) is 5.85. The number of nitro benzene ring substituents is 1. The van der Waals surface area contributed by atoms with Crippen molar-refractivity contribution in [1.82, 2.24) is 15.6 Å². The second kappa shape index (κ2) is 8.41. The number of unbranched alkanes of at least 4 members (excludes halogenated alkanes) is 1. The van der Waals surface area contributed by atoms with Crippen LogP contribution >= 0.6 is 0 Å². The Labute approximate surface area is 163 Å². The van der Waals surface area contributed by atoms with Crippen LogP contribution in [0, 0.1) is 10.1 Å². The monoisotopic (exact) mass is 386 g/mol. The molecule has 1 aromatic heterocycles. The summed E-state index contributed by atoms with van der Waals surface area (Å²) in [5, 5.41) is 17.7. The van der Waals surface area contributed by atoms with Gasteiger partial charge in [-0.1, -0.05) is 44.7 Å². The maximum Gasteiger partial charge on any atom is 0.293 e. The third-order valence-electron chi connectivity index (χ3n) is 5.39. The Balaban J connectivity index is 1.84. The first kappa shape index (κ1) is 19.9. The van der Waals surface area contributed by atoms with E-state index in [9.17, 15) is 19.7 Å². The highest BCUT2D eigenvalue weighted by Crippen LogP contribution is 2.30. The van der Waals surface area contributed by atoms with Crippen LogP contribution in [0.15, 0.2) is 24.3 Å². The van der Waals surface area contributed by atoms with Crippen molar-refractivity contribution in [3.05, 3.63) is 40.1 Å². The maximum absolute atomic E-state index is 12.9. The molecule has 2 amide bonds. The van der Waals surface area contributed by atoms with Crippen LogP contribution in [0.5, 0.6) is 0 Å². The molecule has 1 aromatic carbocycles. The van der Waals surface area contributed by atoms with Crippen LogP contribution in [-0.4, -0.2) is 33.8 Å². The second-order valence-electron chi connectivity index (χ2n) is 7.39. The Morgan fingerprint density at radius 3 is 2.68 bits per heavy atom. The van der Waals surface area contributed by atoms with Crippen molar-refractivity contribution in [3.63, 3.8) is 0 Å². The number of fused-ring (bicyclic) bond motifs is 1. The van der Waals surface area contributed by atoms with Crippen molar-refractivity contribution in [2.24, 2.45) is 0 Å². The molecule has 1 fully saturated rings. The number of aromatic nitrogens is 1. The van der Waals surface area contributed by atoms with Gasteiger partial charge >= 0.3 is 0 Å². The third kappa shape index (κ3) is 4.00. The smallest absolute Gasteiger partial charge is 0.293 e. The van der Waals surface area contributed by atoms with Crippen molar-refractivity contribution in [3.8, 4) is 0 Å². The van der Waals surface area contributed by atoms with Gasteiger partial charge in [-0.25, -0.2) is 0 Å². The number of H-pyrrole nitrogens is 1. The Morgan fingerprint density at radius 1 is 1.25 bits per heavy atom. The summed E-state index contributed by atoms with van der Waals surface area (Å²) >= 11 is 0. The summed E-state index contributed by atoms with van der Waals surface area (Å²) in [7, 11) is 0. The SMILES string of the molecule is CCCCNC(=O)C1(NC(=O)c2cc3cccc([N+](=O)[O-])c3[nH]2)CCCCC1. The van der Waals surface area contributed by atoms with Crippen molar-refractivity contribution in [1.29, 1.82) is 0 Å². The number of nitro groups is 1. The van der Waals surface area contributed by atoms with Gasteiger partial charge in [-0.05, 0) is 25.3 Å². The molecule has 0 spiro atoms. The molecule has 150 valence electrons. The van der Waals surface area contributed by atoms with E-state index in [2.05, 4.69) is 22.5 Å². The molecule has 3 N–H and O–H groups in total. The number of benzene rings is 1. The molecular formula is C20H26N4O4. The number of nitrogens with zero attached hydrogens (tertiary/aromatic N) is 1. The van der Waals surface area contributed by atoms with Gasteiger partial charge in [0, 0.05) is 18.0 Å². The number of carbonyl (C=O) groups excluding carboxylic acids is 2. The number of hydrogen-bond acceptors (Lipinski definition) is 4. The number of hydrogen-bond donors (Lipinski definition) is 3. The van der Waals surface area contributed by atoms with Crippen molar-refractivity contribution in [2.75, 3.05) is 6.54 Å². The molecule has 1 heterocycles. The Bertz CT molecular complexity index is 883. The molecule has 3 rings (SSSR count). The quantitative estimate of drug-likeness (QED) is 0.384. The van der Waals surface area contributed by atoms with Gasteiger partial charge in [-0.3, -0.25) is 19.7 Å². The first-order valence-electron chi connectivity index (χ1n) is 9.84. The Hall–Kier alpha value is -2.90. The zero-order chi connectivity index (χ0) is 20.1. The zero-order valence-corrected chi connectivity index (χ0v) is 16.0. The lowest BCUT2D eigenvalue weighted by Crippen LogP contribution is -2.59. The zero-order valence-electron chi connectivity index (χ0n) is 16.0. The van der Waals surface area contributed by atoms with Crippen LogP contribution in [-0.2, 0) is 4.79 Å². The van der Waals surface area contributed by atoms with Gasteiger partial charge in [0.15, 0.2) is 0 Å². The van der Waals surface area contributed by atoms with Crippen LogP contribution in [0.1, 0.15) is 62.4 Å². The second-order valence-corrected chi connectivity index (χ2v) is 7.39. The molecule has 0 unspecified atom stereocenters. The van der Waals surface area contributed by atoms with E-state index < -0.39 is 16.4 Å². The lowest BCUT2D eigenvalue weighted by atomic mass is 9.80. The molecule has 0 bridgehead atoms. The van der Waals surface area contributed by atoms with E-state index in [0.29, 0.717) is 30.3 Å². The summed E-state index contributed by atoms with van der Waals surface area (Å²) < 4.78 is 0. The van der Waals surface area contributed by atoms with E-state index in [1.165, 1.54) is 6.07 Å². The van der Waals surface area contributed by atoms with E-state index in [1.807, 2.05) is 0 Å². The fourth-order valence-electron chi connectivity index (χ4n) is 3.81. The summed E-state index contributed by atoms with van der Waals surface area (Å²) in [4.78, 5) is 39.3. The van der Waals surface area contributed by atoms with Crippen LogP contribution in [0.3, 0.4) is 0 Å². The lowest BCUT2D eigenvalue weighted by molar-refractivity contribution is -0.383. The number of para-hydroxylation sites is 1. The predicted octanol–water partition coefficient (Wildman–Crippen LogP) is 3.43. The number of amides is 2. The molecule has 1 aliphatic carbocycles. The molecule has 1 saturated carbocycles. The number of carbonyl (C=O) groups is 2. The average molecular weight is 386 g/mol. The first-order chi connectivity index (χ1) is 13.5. The summed E-state index contributed by atoms with van der Waals surface area (Å²) in [5.41, 5.74) is -0.480. The number of nitrogens with one attached hydrogen (secondary N) is 3. The molecule has 0 atom stereocenters. The lowest BCUT2D eigenvalue weighted by Gasteiger charge is -2.36. The van der Waals surface area contributed by atoms with Crippen LogP contribution in [0.25, 0.3) is 10.9 Å². The Morgan fingerprint density at radius 2 is 2.00 bits per heavy atom. The fourth-order valence-corrected chi connectivity index (χ4v) is 3.81. The van der Waals surface area contributed by atoms with E-state index in [4.69, 9.17) is 0 Å². The molecule has 0 saturated heterocycles. The maximum atomic E-state index is 12.9. The van der Waals surface area contributed by atoms with Crippen LogP contribution < -0.4 is 10.6 Å². The van der Waals surface area contributed by atoms with Crippen molar-refractivity contribution in [2.45, 2.75) is 57.4 Å². The standard InChI is InChI=1S/C20H26N4O4/c1-2-3-12-21-19(26)20(10-5-4-6-11-20)23-18(25)15-13-14-8-7-9-16(24(27)28)17(14)22-15/h7-9,13,22H,2-6,10-12H2,1H3,(H,21,26)(H,23,25). The van der Waals surface area contributed by atoms with Crippen LogP contribution in [0.2, 0.25) is 0 Å². The molecule has 8 heteroatoms. The highest BCUT2D eigenvalue weighted by Gasteiger charge is 2.41. The van der Waals surface area contributed by atoms with Gasteiger partial charge in [0.2, 0.25) is 5.91 Å². The topological polar surface area (TPSA) is 117 Å². The minimum atomic E-state index is -0.924. The minimum Gasteiger partial charge on any atom is -0.354 e. The van der Waals surface area contributed by atoms with Gasteiger partial charge < -0.3 is 15.6 Å². The van der Waals surface area contributed by atoms with E-state index in [-0.39, 0.29) is 17.3 Å².